The van der Waals surface area contributed by atoms with Crippen molar-refractivity contribution >= 4 is 45.3 Å². The van der Waals surface area contributed by atoms with E-state index >= 15 is 0 Å². The minimum atomic E-state index is -0.0303. The first-order valence-electron chi connectivity index (χ1n) is 11.0. The molecule has 0 unspecified atom stereocenters. The summed E-state index contributed by atoms with van der Waals surface area (Å²) in [4.78, 5) is 22.9. The lowest BCUT2D eigenvalue weighted by Gasteiger charge is -2.27. The van der Waals surface area contributed by atoms with Gasteiger partial charge in [-0.05, 0) is 30.0 Å². The van der Waals surface area contributed by atoms with Crippen molar-refractivity contribution in [2.75, 3.05) is 44.3 Å². The molecule has 176 valence electrons. The summed E-state index contributed by atoms with van der Waals surface area (Å²) in [5.41, 5.74) is 2.27. The molecule has 0 saturated carbocycles. The van der Waals surface area contributed by atoms with Gasteiger partial charge in [0.25, 0.3) is 5.91 Å². The average molecular weight is 515 g/mol. The molecule has 1 aliphatic heterocycles. The van der Waals surface area contributed by atoms with E-state index in [4.69, 9.17) is 25.8 Å². The lowest BCUT2D eigenvalue weighted by molar-refractivity contribution is 0.0376. The second-order valence-corrected chi connectivity index (χ2v) is 10.1. The van der Waals surface area contributed by atoms with Gasteiger partial charge in [0.05, 0.1) is 18.1 Å². The monoisotopic (exact) mass is 514 g/mol. The topological polar surface area (TPSA) is 71.7 Å². The van der Waals surface area contributed by atoms with Crippen molar-refractivity contribution in [3.63, 3.8) is 0 Å². The summed E-state index contributed by atoms with van der Waals surface area (Å²) in [6.07, 6.45) is 0.856. The number of nitrogens with zero attached hydrogens (tertiary/aromatic N) is 4. The zero-order valence-corrected chi connectivity index (χ0v) is 20.7. The molecule has 5 rings (SSSR count). The molecule has 0 aliphatic carbocycles. The summed E-state index contributed by atoms with van der Waals surface area (Å²) >= 11 is 8.86. The Hall–Kier alpha value is -2.56. The lowest BCUT2D eigenvalue weighted by Crippen LogP contribution is -2.39. The third kappa shape index (κ3) is 5.39. The van der Waals surface area contributed by atoms with Gasteiger partial charge >= 0.3 is 0 Å². The van der Waals surface area contributed by atoms with E-state index in [1.807, 2.05) is 53.2 Å². The van der Waals surface area contributed by atoms with Gasteiger partial charge in [-0.25, -0.2) is 4.98 Å². The molecule has 1 aromatic carbocycles. The van der Waals surface area contributed by atoms with E-state index in [1.165, 1.54) is 22.7 Å². The molecule has 1 aliphatic rings. The van der Waals surface area contributed by atoms with E-state index in [0.717, 1.165) is 44.8 Å². The Balaban J connectivity index is 1.33. The molecule has 3 aromatic heterocycles. The number of thiazole rings is 1. The van der Waals surface area contributed by atoms with Crippen LogP contribution in [0.1, 0.15) is 16.1 Å². The predicted molar refractivity (Wildman–Crippen MR) is 136 cm³/mol. The molecule has 1 saturated heterocycles. The number of rotatable bonds is 8. The van der Waals surface area contributed by atoms with Crippen LogP contribution in [0.25, 0.3) is 22.7 Å². The van der Waals surface area contributed by atoms with Crippen LogP contribution in [0.15, 0.2) is 57.7 Å². The average Bonchev–Trinajstić information content (AvgIpc) is 3.64. The van der Waals surface area contributed by atoms with E-state index in [0.29, 0.717) is 38.7 Å². The van der Waals surface area contributed by atoms with Crippen LogP contribution >= 0.6 is 34.3 Å². The highest BCUT2D eigenvalue weighted by Gasteiger charge is 2.23. The highest BCUT2D eigenvalue weighted by Crippen LogP contribution is 2.31. The third-order valence-corrected chi connectivity index (χ3v) is 7.54. The lowest BCUT2D eigenvalue weighted by atomic mass is 10.1. The smallest absolute Gasteiger partial charge is 0.270 e. The normalized spacial score (nSPS) is 14.4. The summed E-state index contributed by atoms with van der Waals surface area (Å²) in [6.45, 7) is 4.91. The Kier molecular flexibility index (Phi) is 7.36. The molecule has 0 bridgehead atoms. The minimum absolute atomic E-state index is 0.0303. The number of ether oxygens (including phenoxy) is 1. The Labute approximate surface area is 210 Å². The zero-order valence-electron chi connectivity index (χ0n) is 18.4. The first-order valence-corrected chi connectivity index (χ1v) is 13.1. The van der Waals surface area contributed by atoms with Gasteiger partial charge in [0.2, 0.25) is 0 Å². The van der Waals surface area contributed by atoms with Gasteiger partial charge in [-0.1, -0.05) is 35.0 Å². The van der Waals surface area contributed by atoms with E-state index in [2.05, 4.69) is 10.1 Å². The highest BCUT2D eigenvalue weighted by atomic mass is 35.5. The standard InChI is InChI=1S/C24H23ClN4O3S2/c25-18-6-4-17(5-7-18)19-15-21(32-27-19)20-16-34-24(26-20)29(23(30)22-3-1-14-33-22)9-2-8-28-10-12-31-13-11-28/h1,3-7,14-16H,2,8-13H2. The number of anilines is 1. The van der Waals surface area contributed by atoms with Crippen molar-refractivity contribution in [1.82, 2.24) is 15.0 Å². The number of hydrogen-bond donors (Lipinski definition) is 0. The maximum Gasteiger partial charge on any atom is 0.270 e. The molecule has 4 aromatic rings. The fraction of sp³-hybridized carbons (Fsp3) is 0.292. The Morgan fingerprint density at radius 1 is 1.12 bits per heavy atom. The number of thiophene rings is 1. The van der Waals surface area contributed by atoms with Crippen molar-refractivity contribution in [1.29, 1.82) is 0 Å². The second-order valence-electron chi connectivity index (χ2n) is 7.84. The molecule has 34 heavy (non-hydrogen) atoms. The van der Waals surface area contributed by atoms with Gasteiger partial charge in [0, 0.05) is 48.2 Å². The molecule has 0 atom stereocenters. The summed E-state index contributed by atoms with van der Waals surface area (Å²) in [7, 11) is 0. The number of aromatic nitrogens is 2. The number of amides is 1. The van der Waals surface area contributed by atoms with Crippen LogP contribution in [0.5, 0.6) is 0 Å². The van der Waals surface area contributed by atoms with Crippen molar-refractivity contribution < 1.29 is 14.1 Å². The number of hydrogen-bond acceptors (Lipinski definition) is 8. The van der Waals surface area contributed by atoms with Crippen LogP contribution in [0.3, 0.4) is 0 Å². The molecule has 1 amide bonds. The maximum absolute atomic E-state index is 13.3. The van der Waals surface area contributed by atoms with Crippen LogP contribution in [0.2, 0.25) is 5.02 Å². The summed E-state index contributed by atoms with van der Waals surface area (Å²) in [5.74, 6) is 0.529. The van der Waals surface area contributed by atoms with Gasteiger partial charge in [0.1, 0.15) is 11.4 Å². The third-order valence-electron chi connectivity index (χ3n) is 5.56. The largest absolute Gasteiger partial charge is 0.379 e. The molecule has 0 radical (unpaired) electrons. The molecule has 1 fully saturated rings. The minimum Gasteiger partial charge on any atom is -0.379 e. The van der Waals surface area contributed by atoms with Crippen LogP contribution < -0.4 is 4.90 Å². The SMILES string of the molecule is O=C(c1cccs1)N(CCCN1CCOCC1)c1nc(-c2cc(-c3ccc(Cl)cc3)no2)cs1. The van der Waals surface area contributed by atoms with E-state index in [1.54, 1.807) is 4.90 Å². The van der Waals surface area contributed by atoms with Gasteiger partial charge in [-0.3, -0.25) is 14.6 Å². The van der Waals surface area contributed by atoms with Crippen LogP contribution in [-0.2, 0) is 4.74 Å². The second kappa shape index (κ2) is 10.8. The quantitative estimate of drug-likeness (QED) is 0.307. The predicted octanol–water partition coefficient (Wildman–Crippen LogP) is 5.55. The number of benzene rings is 1. The van der Waals surface area contributed by atoms with Gasteiger partial charge in [-0.2, -0.15) is 0 Å². The molecule has 7 nitrogen and oxygen atoms in total. The molecular formula is C24H23ClN4O3S2. The van der Waals surface area contributed by atoms with E-state index in [-0.39, 0.29) is 5.91 Å². The van der Waals surface area contributed by atoms with Crippen LogP contribution in [0, 0.1) is 0 Å². The first kappa shape index (κ1) is 23.2. The van der Waals surface area contributed by atoms with Crippen molar-refractivity contribution in [2.45, 2.75) is 6.42 Å². The zero-order chi connectivity index (χ0) is 23.3. The first-order chi connectivity index (χ1) is 16.7. The Morgan fingerprint density at radius 3 is 2.71 bits per heavy atom. The van der Waals surface area contributed by atoms with Gasteiger partial charge < -0.3 is 9.26 Å². The van der Waals surface area contributed by atoms with Gasteiger partial charge in [-0.15, -0.1) is 22.7 Å². The summed E-state index contributed by atoms with van der Waals surface area (Å²) in [6, 6.07) is 13.0. The molecular weight excluding hydrogens is 492 g/mol. The number of halogens is 1. The summed E-state index contributed by atoms with van der Waals surface area (Å²) in [5, 5.41) is 9.31. The van der Waals surface area contributed by atoms with Crippen molar-refractivity contribution in [3.8, 4) is 22.7 Å². The fourth-order valence-electron chi connectivity index (χ4n) is 3.75. The Bertz CT molecular complexity index is 1220. The number of carbonyl (C=O) groups excluding carboxylic acids is 1. The molecule has 0 spiro atoms. The molecule has 10 heteroatoms. The van der Waals surface area contributed by atoms with Crippen LogP contribution in [-0.4, -0.2) is 60.3 Å². The van der Waals surface area contributed by atoms with E-state index < -0.39 is 0 Å². The van der Waals surface area contributed by atoms with Crippen molar-refractivity contribution in [3.05, 3.63) is 63.1 Å². The Morgan fingerprint density at radius 2 is 1.94 bits per heavy atom. The van der Waals surface area contributed by atoms with Crippen molar-refractivity contribution in [2.24, 2.45) is 0 Å². The molecule has 4 heterocycles. The number of morpholine rings is 1. The maximum atomic E-state index is 13.3. The van der Waals surface area contributed by atoms with Crippen LogP contribution in [0.4, 0.5) is 5.13 Å². The molecule has 0 N–H and O–H groups in total. The van der Waals surface area contributed by atoms with E-state index in [9.17, 15) is 4.79 Å². The number of carbonyl (C=O) groups is 1. The fourth-order valence-corrected chi connectivity index (χ4v) is 5.38. The highest BCUT2D eigenvalue weighted by molar-refractivity contribution is 7.14. The summed E-state index contributed by atoms with van der Waals surface area (Å²) < 4.78 is 11.0. The van der Waals surface area contributed by atoms with Gasteiger partial charge in [0.15, 0.2) is 10.9 Å².